The highest BCUT2D eigenvalue weighted by Gasteiger charge is 2.21. The van der Waals surface area contributed by atoms with Gasteiger partial charge in [-0.3, -0.25) is 4.90 Å². The van der Waals surface area contributed by atoms with Crippen LogP contribution in [-0.4, -0.2) is 4.98 Å². The molecule has 0 aliphatic carbocycles. The fourth-order valence-corrected chi connectivity index (χ4v) is 9.04. The van der Waals surface area contributed by atoms with Crippen molar-refractivity contribution in [3.05, 3.63) is 170 Å². The second kappa shape index (κ2) is 11.0. The second-order valence-corrected chi connectivity index (χ2v) is 14.1. The van der Waals surface area contributed by atoms with E-state index in [1.165, 1.54) is 58.9 Å². The molecule has 2 aromatic heterocycles. The minimum absolute atomic E-state index is 0.875. The molecule has 0 unspecified atom stereocenters. The lowest BCUT2D eigenvalue weighted by atomic mass is 9.93. The molecule has 0 bridgehead atoms. The van der Waals surface area contributed by atoms with Crippen molar-refractivity contribution in [1.29, 1.82) is 0 Å². The fraction of sp³-hybridized carbons (Fsp3) is 0. The summed E-state index contributed by atoms with van der Waals surface area (Å²) < 4.78 is 7.43. The predicted molar refractivity (Wildman–Crippen MR) is 217 cm³/mol. The largest absolute Gasteiger partial charge is 0.456 e. The molecule has 11 rings (SSSR count). The van der Waals surface area contributed by atoms with Crippen molar-refractivity contribution in [3.63, 3.8) is 0 Å². The van der Waals surface area contributed by atoms with Gasteiger partial charge in [-0.15, -0.1) is 0 Å². The molecule has 0 spiro atoms. The van der Waals surface area contributed by atoms with E-state index < -0.39 is 0 Å². The van der Waals surface area contributed by atoms with Crippen molar-refractivity contribution in [2.45, 2.75) is 0 Å². The van der Waals surface area contributed by atoms with Crippen LogP contribution in [0.4, 0.5) is 16.5 Å². The number of rotatable bonds is 4. The molecule has 0 fully saturated rings. The number of anilines is 3. The van der Waals surface area contributed by atoms with Gasteiger partial charge in [-0.1, -0.05) is 133 Å². The minimum atomic E-state index is 0.875. The molecule has 238 valence electrons. The highest BCUT2D eigenvalue weighted by atomic mass is 32.1. The predicted octanol–water partition coefficient (Wildman–Crippen LogP) is 13.9. The van der Waals surface area contributed by atoms with Crippen LogP contribution >= 0.6 is 11.3 Å². The number of nitrogens with zero attached hydrogens (tertiary/aromatic N) is 2. The summed E-state index contributed by atoms with van der Waals surface area (Å²) in [6.07, 6.45) is 0. The topological polar surface area (TPSA) is 29.3 Å². The summed E-state index contributed by atoms with van der Waals surface area (Å²) in [6.45, 7) is 0. The first-order valence-corrected chi connectivity index (χ1v) is 18.0. The van der Waals surface area contributed by atoms with E-state index in [0.29, 0.717) is 0 Å². The molecule has 4 heteroatoms. The van der Waals surface area contributed by atoms with Gasteiger partial charge >= 0.3 is 0 Å². The summed E-state index contributed by atoms with van der Waals surface area (Å²) in [4.78, 5) is 7.63. The zero-order valence-electron chi connectivity index (χ0n) is 27.4. The van der Waals surface area contributed by atoms with Gasteiger partial charge in [-0.05, 0) is 97.4 Å². The molecular formula is C47H28N2OS. The number of furan rings is 1. The average molecular weight is 669 g/mol. The maximum atomic E-state index is 6.23. The van der Waals surface area contributed by atoms with E-state index in [1.807, 2.05) is 12.1 Å². The van der Waals surface area contributed by atoms with Crippen LogP contribution in [0.25, 0.3) is 86.4 Å². The first-order valence-electron chi connectivity index (χ1n) is 17.2. The summed E-state index contributed by atoms with van der Waals surface area (Å²) in [5, 5.41) is 13.1. The lowest BCUT2D eigenvalue weighted by Gasteiger charge is -2.23. The summed E-state index contributed by atoms with van der Waals surface area (Å²) in [6, 6.07) is 60.8. The highest BCUT2D eigenvalue weighted by Crippen LogP contribution is 2.45. The molecule has 0 aliphatic rings. The molecule has 2 heterocycles. The third kappa shape index (κ3) is 4.40. The third-order valence-electron chi connectivity index (χ3n) is 10.3. The smallest absolute Gasteiger partial charge is 0.195 e. The first kappa shape index (κ1) is 28.4. The van der Waals surface area contributed by atoms with Crippen molar-refractivity contribution < 1.29 is 4.42 Å². The van der Waals surface area contributed by atoms with Crippen LogP contribution in [0.5, 0.6) is 0 Å². The van der Waals surface area contributed by atoms with E-state index in [4.69, 9.17) is 9.40 Å². The Bertz CT molecular complexity index is 3150. The van der Waals surface area contributed by atoms with E-state index >= 15 is 0 Å². The lowest BCUT2D eigenvalue weighted by Crippen LogP contribution is -2.09. The SMILES string of the molecule is c1ccc2c(c1)cc(-c1ccc(N(c3ccc4oc5ccccc5c4c3)c3nc4ccc5ccc6ccccc6c5c4s3)cc1)c1ccccc12. The van der Waals surface area contributed by atoms with Crippen molar-refractivity contribution in [2.75, 3.05) is 4.90 Å². The van der Waals surface area contributed by atoms with Gasteiger partial charge in [0.05, 0.1) is 10.2 Å². The summed E-state index contributed by atoms with van der Waals surface area (Å²) in [5.41, 5.74) is 7.25. The molecule has 0 N–H and O–H groups in total. The summed E-state index contributed by atoms with van der Waals surface area (Å²) >= 11 is 1.75. The Labute approximate surface area is 297 Å². The van der Waals surface area contributed by atoms with Gasteiger partial charge in [-0.25, -0.2) is 4.98 Å². The van der Waals surface area contributed by atoms with Gasteiger partial charge in [0, 0.05) is 27.5 Å². The van der Waals surface area contributed by atoms with Gasteiger partial charge in [0.15, 0.2) is 5.13 Å². The van der Waals surface area contributed by atoms with Crippen molar-refractivity contribution in [1.82, 2.24) is 4.98 Å². The molecule has 0 amide bonds. The summed E-state index contributed by atoms with van der Waals surface area (Å²) in [5.74, 6) is 0. The van der Waals surface area contributed by atoms with E-state index in [1.54, 1.807) is 11.3 Å². The van der Waals surface area contributed by atoms with Crippen LogP contribution in [0.15, 0.2) is 174 Å². The van der Waals surface area contributed by atoms with Crippen molar-refractivity contribution >= 4 is 103 Å². The molecule has 0 atom stereocenters. The Morgan fingerprint density at radius 3 is 1.96 bits per heavy atom. The molecule has 0 saturated carbocycles. The Morgan fingerprint density at radius 1 is 0.451 bits per heavy atom. The normalized spacial score (nSPS) is 11.9. The van der Waals surface area contributed by atoms with Crippen LogP contribution in [-0.2, 0) is 0 Å². The second-order valence-electron chi connectivity index (χ2n) is 13.1. The van der Waals surface area contributed by atoms with E-state index in [0.717, 1.165) is 44.0 Å². The Kier molecular flexibility index (Phi) is 6.12. The number of fused-ring (bicyclic) bond motifs is 11. The van der Waals surface area contributed by atoms with Crippen LogP contribution in [0, 0.1) is 0 Å². The molecule has 0 radical (unpaired) electrons. The van der Waals surface area contributed by atoms with Crippen LogP contribution in [0.2, 0.25) is 0 Å². The monoisotopic (exact) mass is 668 g/mol. The Balaban J connectivity index is 1.12. The average Bonchev–Trinajstić information content (AvgIpc) is 3.79. The molecule has 51 heavy (non-hydrogen) atoms. The fourth-order valence-electron chi connectivity index (χ4n) is 7.86. The van der Waals surface area contributed by atoms with Crippen LogP contribution in [0.1, 0.15) is 0 Å². The third-order valence-corrected chi connectivity index (χ3v) is 11.3. The number of hydrogen-bond donors (Lipinski definition) is 0. The van der Waals surface area contributed by atoms with Gasteiger partial charge in [0.2, 0.25) is 0 Å². The molecular weight excluding hydrogens is 641 g/mol. The standard InChI is InChI=1S/C47H28N2OS/c1-4-12-36-29(9-1)17-18-31-21-25-42-46(45(31)36)51-47(48-42)49(34-24-26-44-41(28-34)39-15-7-8-16-43(39)50-44)33-22-19-30(20-23-33)40-27-32-10-2-3-11-35(32)37-13-5-6-14-38(37)40/h1-28H. The van der Waals surface area contributed by atoms with Crippen LogP contribution < -0.4 is 4.90 Å². The number of benzene rings is 9. The highest BCUT2D eigenvalue weighted by molar-refractivity contribution is 7.23. The van der Waals surface area contributed by atoms with Gasteiger partial charge in [0.1, 0.15) is 11.2 Å². The van der Waals surface area contributed by atoms with E-state index in [9.17, 15) is 0 Å². The quantitative estimate of drug-likeness (QED) is 0.175. The molecule has 0 saturated heterocycles. The summed E-state index contributed by atoms with van der Waals surface area (Å²) in [7, 11) is 0. The zero-order valence-corrected chi connectivity index (χ0v) is 28.2. The van der Waals surface area contributed by atoms with E-state index in [-0.39, 0.29) is 0 Å². The van der Waals surface area contributed by atoms with Gasteiger partial charge in [-0.2, -0.15) is 0 Å². The van der Waals surface area contributed by atoms with Crippen LogP contribution in [0.3, 0.4) is 0 Å². The Morgan fingerprint density at radius 2 is 1.10 bits per heavy atom. The minimum Gasteiger partial charge on any atom is -0.456 e. The first-order chi connectivity index (χ1) is 25.3. The maximum absolute atomic E-state index is 6.23. The maximum Gasteiger partial charge on any atom is 0.195 e. The Hall–Kier alpha value is -6.49. The van der Waals surface area contributed by atoms with E-state index in [2.05, 4.69) is 163 Å². The van der Waals surface area contributed by atoms with Crippen molar-refractivity contribution in [3.8, 4) is 11.1 Å². The molecule has 9 aromatic carbocycles. The lowest BCUT2D eigenvalue weighted by molar-refractivity contribution is 0.669. The van der Waals surface area contributed by atoms with Crippen molar-refractivity contribution in [2.24, 2.45) is 0 Å². The molecule has 11 aromatic rings. The number of thiazole rings is 1. The zero-order chi connectivity index (χ0) is 33.5. The number of aromatic nitrogens is 1. The molecule has 0 aliphatic heterocycles. The van der Waals surface area contributed by atoms with Gasteiger partial charge < -0.3 is 4.42 Å². The number of para-hydroxylation sites is 1. The number of hydrogen-bond acceptors (Lipinski definition) is 4. The molecule has 3 nitrogen and oxygen atoms in total. The van der Waals surface area contributed by atoms with Gasteiger partial charge in [0.25, 0.3) is 0 Å².